The van der Waals surface area contributed by atoms with Gasteiger partial charge in [0, 0.05) is 0 Å². The molecule has 0 aromatic heterocycles. The third kappa shape index (κ3) is 7.83. The second kappa shape index (κ2) is 8.10. The van der Waals surface area contributed by atoms with Crippen molar-refractivity contribution < 1.29 is 13.2 Å². The van der Waals surface area contributed by atoms with Crippen molar-refractivity contribution in [1.29, 1.82) is 0 Å². The van der Waals surface area contributed by atoms with E-state index in [1.807, 2.05) is 0 Å². The van der Waals surface area contributed by atoms with Crippen molar-refractivity contribution in [3.63, 3.8) is 0 Å². The van der Waals surface area contributed by atoms with Crippen molar-refractivity contribution in [2.75, 3.05) is 0 Å². The van der Waals surface area contributed by atoms with E-state index in [9.17, 15) is 9.59 Å². The molecule has 0 saturated heterocycles. The molecule has 5 heteroatoms. The Hall–Kier alpha value is -0.520. The van der Waals surface area contributed by atoms with Crippen LogP contribution >= 0.6 is 24.1 Å². The zero-order valence-electron chi connectivity index (χ0n) is 7.35. The molecule has 0 aromatic carbocycles. The SMILES string of the molecule is CC=CC(=O)SOSC(=O)/C=C/C. The Balaban J connectivity index is 3.56. The number of carbonyl (C=O) groups excluding carboxylic acids is 2. The minimum Gasteiger partial charge on any atom is -0.280 e. The van der Waals surface area contributed by atoms with Gasteiger partial charge < -0.3 is 0 Å². The van der Waals surface area contributed by atoms with Crippen LogP contribution in [0.4, 0.5) is 0 Å². The number of carbonyl (C=O) groups is 2. The molecule has 3 nitrogen and oxygen atoms in total. The largest absolute Gasteiger partial charge is 0.280 e. The monoisotopic (exact) mass is 218 g/mol. The van der Waals surface area contributed by atoms with Crippen LogP contribution in [0.25, 0.3) is 0 Å². The molecule has 0 N–H and O–H groups in total. The van der Waals surface area contributed by atoms with Crippen LogP contribution in [0.3, 0.4) is 0 Å². The normalized spacial score (nSPS) is 11.2. The Morgan fingerprint density at radius 1 is 1.00 bits per heavy atom. The molecule has 72 valence electrons. The summed E-state index contributed by atoms with van der Waals surface area (Å²) in [7, 11) is 0. The van der Waals surface area contributed by atoms with Crippen LogP contribution in [0.2, 0.25) is 0 Å². The third-order valence-corrected chi connectivity index (χ3v) is 1.98. The maximum atomic E-state index is 10.8. The van der Waals surface area contributed by atoms with E-state index in [-0.39, 0.29) is 10.2 Å². The zero-order chi connectivity index (χ0) is 10.1. The van der Waals surface area contributed by atoms with Gasteiger partial charge in [-0.05, 0) is 26.0 Å². The topological polar surface area (TPSA) is 43.4 Å². The quantitative estimate of drug-likeness (QED) is 0.536. The highest BCUT2D eigenvalue weighted by atomic mass is 32.2. The maximum absolute atomic E-state index is 10.8. The molecule has 0 aromatic rings. The average Bonchev–Trinajstić information content (AvgIpc) is 2.05. The Morgan fingerprint density at radius 3 is 1.69 bits per heavy atom. The fourth-order valence-electron chi connectivity index (χ4n) is 0.412. The molecule has 0 radical (unpaired) electrons. The summed E-state index contributed by atoms with van der Waals surface area (Å²) in [6.45, 7) is 3.47. The third-order valence-electron chi connectivity index (χ3n) is 0.838. The van der Waals surface area contributed by atoms with Gasteiger partial charge in [-0.1, -0.05) is 12.2 Å². The highest BCUT2D eigenvalue weighted by molar-refractivity contribution is 8.22. The van der Waals surface area contributed by atoms with Crippen LogP contribution in [0.15, 0.2) is 24.3 Å². The molecule has 0 saturated carbocycles. The van der Waals surface area contributed by atoms with Crippen LogP contribution < -0.4 is 0 Å². The van der Waals surface area contributed by atoms with E-state index in [0.717, 1.165) is 0 Å². The van der Waals surface area contributed by atoms with Gasteiger partial charge >= 0.3 is 0 Å². The van der Waals surface area contributed by atoms with E-state index in [0.29, 0.717) is 24.1 Å². The minimum absolute atomic E-state index is 0.233. The first kappa shape index (κ1) is 12.5. The molecule has 0 bridgehead atoms. The lowest BCUT2D eigenvalue weighted by molar-refractivity contribution is -0.107. The second-order valence-electron chi connectivity index (χ2n) is 1.87. The van der Waals surface area contributed by atoms with E-state index in [1.54, 1.807) is 26.0 Å². The molecule has 0 aliphatic carbocycles. The summed E-state index contributed by atoms with van der Waals surface area (Å²) >= 11 is 1.28. The molecule has 0 amide bonds. The van der Waals surface area contributed by atoms with Crippen molar-refractivity contribution in [2.45, 2.75) is 13.8 Å². The lowest BCUT2D eigenvalue weighted by Crippen LogP contribution is -1.87. The molecule has 0 unspecified atom stereocenters. The number of allylic oxidation sites excluding steroid dienone is 2. The van der Waals surface area contributed by atoms with Gasteiger partial charge in [0.05, 0.1) is 24.1 Å². The predicted octanol–water partition coefficient (Wildman–Crippen LogP) is 2.50. The van der Waals surface area contributed by atoms with Crippen LogP contribution in [-0.2, 0) is 13.2 Å². The predicted molar refractivity (Wildman–Crippen MR) is 55.9 cm³/mol. The molecular weight excluding hydrogens is 208 g/mol. The van der Waals surface area contributed by atoms with Crippen LogP contribution in [0, 0.1) is 0 Å². The molecular formula is C8H10O3S2. The van der Waals surface area contributed by atoms with Crippen LogP contribution in [-0.4, -0.2) is 10.2 Å². The first-order valence-electron chi connectivity index (χ1n) is 3.55. The Bertz CT molecular complexity index is 210. The molecule has 0 atom stereocenters. The fraction of sp³-hybridized carbons (Fsp3) is 0.250. The molecule has 0 fully saturated rings. The van der Waals surface area contributed by atoms with Crippen molar-refractivity contribution >= 4 is 34.3 Å². The summed E-state index contributed by atoms with van der Waals surface area (Å²) in [6.07, 6.45) is 5.95. The van der Waals surface area contributed by atoms with Crippen LogP contribution in [0.1, 0.15) is 13.8 Å². The Labute approximate surface area is 86.0 Å². The van der Waals surface area contributed by atoms with E-state index in [2.05, 4.69) is 0 Å². The van der Waals surface area contributed by atoms with Gasteiger partial charge in [-0.25, -0.2) is 3.63 Å². The maximum Gasteiger partial charge on any atom is 0.239 e. The smallest absolute Gasteiger partial charge is 0.239 e. The number of hydrogen-bond donors (Lipinski definition) is 0. The second-order valence-corrected chi connectivity index (χ2v) is 3.56. The molecule has 0 heterocycles. The Morgan fingerprint density at radius 2 is 1.38 bits per heavy atom. The molecule has 0 rings (SSSR count). The van der Waals surface area contributed by atoms with Gasteiger partial charge in [-0.15, -0.1) is 0 Å². The van der Waals surface area contributed by atoms with E-state index >= 15 is 0 Å². The highest BCUT2D eigenvalue weighted by Crippen LogP contribution is 2.17. The van der Waals surface area contributed by atoms with E-state index in [4.69, 9.17) is 3.63 Å². The van der Waals surface area contributed by atoms with Crippen molar-refractivity contribution in [2.24, 2.45) is 0 Å². The van der Waals surface area contributed by atoms with Crippen LogP contribution in [0.5, 0.6) is 0 Å². The van der Waals surface area contributed by atoms with E-state index in [1.165, 1.54) is 12.2 Å². The summed E-state index contributed by atoms with van der Waals surface area (Å²) < 4.78 is 4.69. The summed E-state index contributed by atoms with van der Waals surface area (Å²) in [5, 5.41) is -0.466. The van der Waals surface area contributed by atoms with E-state index < -0.39 is 0 Å². The first-order chi connectivity index (χ1) is 6.20. The number of hydrogen-bond acceptors (Lipinski definition) is 5. The lowest BCUT2D eigenvalue weighted by Gasteiger charge is -1.92. The zero-order valence-corrected chi connectivity index (χ0v) is 8.98. The summed E-state index contributed by atoms with van der Waals surface area (Å²) in [5.41, 5.74) is 0. The van der Waals surface area contributed by atoms with Gasteiger partial charge in [0.25, 0.3) is 0 Å². The summed E-state index contributed by atoms with van der Waals surface area (Å²) in [6, 6.07) is 0. The minimum atomic E-state index is -0.233. The number of rotatable bonds is 4. The molecule has 0 aliphatic rings. The van der Waals surface area contributed by atoms with Crippen molar-refractivity contribution in [1.82, 2.24) is 0 Å². The fourth-order valence-corrected chi connectivity index (χ4v) is 1.47. The van der Waals surface area contributed by atoms with Gasteiger partial charge in [-0.2, -0.15) is 0 Å². The van der Waals surface area contributed by atoms with Gasteiger partial charge in [-0.3, -0.25) is 9.59 Å². The van der Waals surface area contributed by atoms with Gasteiger partial charge in [0.1, 0.15) is 0 Å². The lowest BCUT2D eigenvalue weighted by atomic mass is 10.6. The highest BCUT2D eigenvalue weighted by Gasteiger charge is 2.02. The van der Waals surface area contributed by atoms with Gasteiger partial charge in [0.2, 0.25) is 10.2 Å². The first-order valence-corrected chi connectivity index (χ1v) is 5.03. The van der Waals surface area contributed by atoms with Crippen molar-refractivity contribution in [3.05, 3.63) is 24.3 Å². The van der Waals surface area contributed by atoms with Crippen molar-refractivity contribution in [3.8, 4) is 0 Å². The van der Waals surface area contributed by atoms with Gasteiger partial charge in [0.15, 0.2) is 0 Å². The molecule has 0 spiro atoms. The summed E-state index contributed by atoms with van der Waals surface area (Å²) in [5.74, 6) is 0. The standard InChI is InChI=1S/C8H10O3S2/c1-3-5-7(9)12-11-13-8(10)6-4-2/h3-6H,1-2H3/b5-3+,6-4?. The molecule has 0 aliphatic heterocycles. The average molecular weight is 218 g/mol. The summed E-state index contributed by atoms with van der Waals surface area (Å²) in [4.78, 5) is 21.6. The Kier molecular flexibility index (Phi) is 7.77. The molecule has 13 heavy (non-hydrogen) atoms.